The van der Waals surface area contributed by atoms with E-state index in [0.29, 0.717) is 13.1 Å². The number of hydrogen-bond donors (Lipinski definition) is 1. The van der Waals surface area contributed by atoms with Crippen molar-refractivity contribution in [2.24, 2.45) is 10.6 Å². The van der Waals surface area contributed by atoms with Gasteiger partial charge in [0.05, 0.1) is 10.5 Å². The van der Waals surface area contributed by atoms with Crippen LogP contribution in [0.5, 0.6) is 0 Å². The summed E-state index contributed by atoms with van der Waals surface area (Å²) in [5.41, 5.74) is -0.0428. The third-order valence-corrected chi connectivity index (χ3v) is 4.85. The first-order chi connectivity index (χ1) is 9.60. The molecule has 116 valence electrons. The molecule has 1 heterocycles. The number of hydrogen-bond acceptors (Lipinski definition) is 3. The Kier molecular flexibility index (Phi) is 4.08. The van der Waals surface area contributed by atoms with E-state index >= 15 is 0 Å². The van der Waals surface area contributed by atoms with Crippen molar-refractivity contribution in [1.29, 1.82) is 0 Å². The van der Waals surface area contributed by atoms with Crippen LogP contribution in [0, 0.1) is 11.2 Å². The predicted octanol–water partition coefficient (Wildman–Crippen LogP) is 1.74. The van der Waals surface area contributed by atoms with Gasteiger partial charge < -0.3 is 4.90 Å². The van der Waals surface area contributed by atoms with Gasteiger partial charge in [-0.25, -0.2) is 17.9 Å². The van der Waals surface area contributed by atoms with Gasteiger partial charge in [-0.3, -0.25) is 4.79 Å². The lowest BCUT2D eigenvalue weighted by Gasteiger charge is -2.37. The predicted molar refractivity (Wildman–Crippen MR) is 76.7 cm³/mol. The molecule has 0 unspecified atom stereocenters. The van der Waals surface area contributed by atoms with Gasteiger partial charge in [-0.1, -0.05) is 13.8 Å². The van der Waals surface area contributed by atoms with E-state index in [9.17, 15) is 17.6 Å². The molecule has 1 amide bonds. The van der Waals surface area contributed by atoms with Gasteiger partial charge in [-0.2, -0.15) is 0 Å². The Bertz CT molecular complexity index is 661. The monoisotopic (exact) mass is 314 g/mol. The largest absolute Gasteiger partial charge is 0.339 e. The molecule has 1 aromatic carbocycles. The van der Waals surface area contributed by atoms with Crippen LogP contribution < -0.4 is 5.14 Å². The van der Waals surface area contributed by atoms with Gasteiger partial charge >= 0.3 is 0 Å². The van der Waals surface area contributed by atoms with E-state index in [1.54, 1.807) is 4.90 Å². The van der Waals surface area contributed by atoms with E-state index in [-0.39, 0.29) is 15.9 Å². The maximum absolute atomic E-state index is 13.4. The molecule has 0 aromatic heterocycles. The summed E-state index contributed by atoms with van der Waals surface area (Å²) in [6, 6.07) is 2.95. The quantitative estimate of drug-likeness (QED) is 0.903. The van der Waals surface area contributed by atoms with E-state index in [4.69, 9.17) is 5.14 Å². The molecule has 1 fully saturated rings. The van der Waals surface area contributed by atoms with Crippen LogP contribution in [0.1, 0.15) is 37.0 Å². The number of carbonyl (C=O) groups excluding carboxylic acids is 1. The summed E-state index contributed by atoms with van der Waals surface area (Å²) in [4.78, 5) is 13.7. The zero-order valence-corrected chi connectivity index (χ0v) is 12.9. The highest BCUT2D eigenvalue weighted by Crippen LogP contribution is 2.31. The van der Waals surface area contributed by atoms with Gasteiger partial charge in [0.1, 0.15) is 5.82 Å². The SMILES string of the molecule is CC1(C)CCN(C(=O)c2cc(F)ccc2S(N)(=O)=O)CC1. The normalized spacial score (nSPS) is 18.6. The first-order valence-electron chi connectivity index (χ1n) is 6.72. The number of rotatable bonds is 2. The molecule has 2 rings (SSSR count). The van der Waals surface area contributed by atoms with E-state index in [0.717, 1.165) is 31.0 Å². The van der Waals surface area contributed by atoms with E-state index in [1.807, 2.05) is 0 Å². The van der Waals surface area contributed by atoms with Crippen LogP contribution in [-0.4, -0.2) is 32.3 Å². The average Bonchev–Trinajstić information content (AvgIpc) is 2.36. The second kappa shape index (κ2) is 5.38. The Balaban J connectivity index is 2.34. The molecule has 0 bridgehead atoms. The highest BCUT2D eigenvalue weighted by Gasteiger charge is 2.30. The van der Waals surface area contributed by atoms with Crippen molar-refractivity contribution >= 4 is 15.9 Å². The molecule has 0 atom stereocenters. The van der Waals surface area contributed by atoms with Gasteiger partial charge in [0.15, 0.2) is 0 Å². The average molecular weight is 314 g/mol. The van der Waals surface area contributed by atoms with Crippen molar-refractivity contribution in [1.82, 2.24) is 4.90 Å². The summed E-state index contributed by atoms with van der Waals surface area (Å²) in [6.45, 7) is 5.28. The maximum Gasteiger partial charge on any atom is 0.255 e. The fraction of sp³-hybridized carbons (Fsp3) is 0.500. The van der Waals surface area contributed by atoms with E-state index < -0.39 is 21.7 Å². The Morgan fingerprint density at radius 3 is 2.38 bits per heavy atom. The van der Waals surface area contributed by atoms with E-state index in [2.05, 4.69) is 13.8 Å². The molecule has 21 heavy (non-hydrogen) atoms. The molecule has 0 aliphatic carbocycles. The number of benzene rings is 1. The first-order valence-corrected chi connectivity index (χ1v) is 8.26. The number of primary sulfonamides is 1. The van der Waals surface area contributed by atoms with E-state index in [1.165, 1.54) is 0 Å². The Hall–Kier alpha value is -1.47. The van der Waals surface area contributed by atoms with Gasteiger partial charge in [-0.05, 0) is 36.5 Å². The molecule has 1 saturated heterocycles. The van der Waals surface area contributed by atoms with Crippen LogP contribution >= 0.6 is 0 Å². The molecule has 0 saturated carbocycles. The molecule has 7 heteroatoms. The number of halogens is 1. The topological polar surface area (TPSA) is 80.5 Å². The minimum atomic E-state index is -4.07. The number of likely N-dealkylation sites (tertiary alicyclic amines) is 1. The second-order valence-corrected chi connectivity index (χ2v) is 7.67. The number of sulfonamides is 1. The second-order valence-electron chi connectivity index (χ2n) is 6.14. The lowest BCUT2D eigenvalue weighted by molar-refractivity contribution is 0.0626. The zero-order valence-electron chi connectivity index (χ0n) is 12.1. The summed E-state index contributed by atoms with van der Waals surface area (Å²) >= 11 is 0. The molecular formula is C14H19FN2O3S. The fourth-order valence-electron chi connectivity index (χ4n) is 2.40. The summed E-state index contributed by atoms with van der Waals surface area (Å²) in [6.07, 6.45) is 1.64. The van der Waals surface area contributed by atoms with Crippen LogP contribution in [0.15, 0.2) is 23.1 Å². The number of amides is 1. The van der Waals surface area contributed by atoms with Crippen molar-refractivity contribution in [3.8, 4) is 0 Å². The maximum atomic E-state index is 13.4. The highest BCUT2D eigenvalue weighted by molar-refractivity contribution is 7.89. The Morgan fingerprint density at radius 1 is 1.29 bits per heavy atom. The van der Waals surface area contributed by atoms with Crippen LogP contribution in [0.3, 0.4) is 0 Å². The van der Waals surface area contributed by atoms with Crippen LogP contribution in [0.4, 0.5) is 4.39 Å². The molecule has 1 aliphatic heterocycles. The lowest BCUT2D eigenvalue weighted by atomic mass is 9.82. The molecule has 0 spiro atoms. The number of carbonyl (C=O) groups is 1. The Morgan fingerprint density at radius 2 is 1.86 bits per heavy atom. The van der Waals surface area contributed by atoms with Crippen molar-refractivity contribution in [3.63, 3.8) is 0 Å². The molecule has 5 nitrogen and oxygen atoms in total. The lowest BCUT2D eigenvalue weighted by Crippen LogP contribution is -2.41. The molecule has 1 aliphatic rings. The zero-order chi connectivity index (χ0) is 15.8. The molecule has 2 N–H and O–H groups in total. The number of nitrogens with two attached hydrogens (primary N) is 1. The van der Waals surface area contributed by atoms with Gasteiger partial charge in [0.25, 0.3) is 5.91 Å². The fourth-order valence-corrected chi connectivity index (χ4v) is 3.11. The number of nitrogens with zero attached hydrogens (tertiary/aromatic N) is 1. The van der Waals surface area contributed by atoms with Crippen molar-refractivity contribution < 1.29 is 17.6 Å². The number of piperidine rings is 1. The minimum absolute atomic E-state index is 0.154. The minimum Gasteiger partial charge on any atom is -0.339 e. The molecule has 0 radical (unpaired) electrons. The van der Waals surface area contributed by atoms with Gasteiger partial charge in [0, 0.05) is 13.1 Å². The summed E-state index contributed by atoms with van der Waals surface area (Å²) in [5, 5.41) is 5.10. The Labute approximate surface area is 124 Å². The van der Waals surface area contributed by atoms with Gasteiger partial charge in [-0.15, -0.1) is 0 Å². The summed E-state index contributed by atoms with van der Waals surface area (Å²) in [5.74, 6) is -1.16. The smallest absolute Gasteiger partial charge is 0.255 e. The third kappa shape index (κ3) is 3.59. The standard InChI is InChI=1S/C14H19FN2O3S/c1-14(2)5-7-17(8-6-14)13(18)11-9-10(15)3-4-12(11)21(16,19)20/h3-4,9H,5-8H2,1-2H3,(H2,16,19,20). The van der Waals surface area contributed by atoms with Crippen molar-refractivity contribution in [3.05, 3.63) is 29.6 Å². The van der Waals surface area contributed by atoms with Crippen LogP contribution in [-0.2, 0) is 10.0 Å². The summed E-state index contributed by atoms with van der Waals surface area (Å²) < 4.78 is 36.5. The van der Waals surface area contributed by atoms with Crippen LogP contribution in [0.25, 0.3) is 0 Å². The first kappa shape index (κ1) is 15.9. The molecular weight excluding hydrogens is 295 g/mol. The van der Waals surface area contributed by atoms with Crippen molar-refractivity contribution in [2.45, 2.75) is 31.6 Å². The summed E-state index contributed by atoms with van der Waals surface area (Å²) in [7, 11) is -4.07. The third-order valence-electron chi connectivity index (χ3n) is 3.88. The van der Waals surface area contributed by atoms with Crippen molar-refractivity contribution in [2.75, 3.05) is 13.1 Å². The van der Waals surface area contributed by atoms with Gasteiger partial charge in [0.2, 0.25) is 10.0 Å². The molecule has 1 aromatic rings. The highest BCUT2D eigenvalue weighted by atomic mass is 32.2. The van der Waals surface area contributed by atoms with Crippen LogP contribution in [0.2, 0.25) is 0 Å².